The molecule has 1 N–H and O–H groups in total. The molecule has 0 bridgehead atoms. The van der Waals surface area contributed by atoms with Gasteiger partial charge in [-0.3, -0.25) is 0 Å². The summed E-state index contributed by atoms with van der Waals surface area (Å²) in [4.78, 5) is 8.70. The molecule has 0 atom stereocenters. The van der Waals surface area contributed by atoms with Gasteiger partial charge in [0.15, 0.2) is 0 Å². The largest absolute Gasteiger partial charge is 0.481 e. The fourth-order valence-electron chi connectivity index (χ4n) is 2.91. The molecule has 0 saturated carbocycles. The van der Waals surface area contributed by atoms with Crippen molar-refractivity contribution < 1.29 is 18.6 Å². The third kappa shape index (κ3) is 3.02. The van der Waals surface area contributed by atoms with Gasteiger partial charge >= 0.3 is 0 Å². The number of ether oxygens (including phenoxy) is 1. The van der Waals surface area contributed by atoms with Crippen molar-refractivity contribution in [3.8, 4) is 28.3 Å². The van der Waals surface area contributed by atoms with Crippen LogP contribution in [0.3, 0.4) is 0 Å². The first-order valence-electron chi connectivity index (χ1n) is 8.18. The van der Waals surface area contributed by atoms with Crippen LogP contribution in [0.1, 0.15) is 5.56 Å². The minimum absolute atomic E-state index is 0.212. The molecule has 1 aromatic carbocycles. The topological polar surface area (TPSA) is 59.7 Å². The smallest absolute Gasteiger partial charge is 0.212 e. The molecule has 4 aromatic rings. The quantitative estimate of drug-likeness (QED) is 0.595. The van der Waals surface area contributed by atoms with E-state index in [0.717, 1.165) is 11.6 Å². The summed E-state index contributed by atoms with van der Waals surface area (Å²) in [5, 5.41) is 9.20. The Balaban J connectivity index is 1.77. The summed E-state index contributed by atoms with van der Waals surface area (Å²) in [5.74, 6) is -1.02. The second-order valence-corrected chi connectivity index (χ2v) is 5.94. The number of aliphatic hydroxyl groups is 1. The Kier molecular flexibility index (Phi) is 4.29. The van der Waals surface area contributed by atoms with Crippen molar-refractivity contribution in [1.82, 2.24) is 14.4 Å². The van der Waals surface area contributed by atoms with E-state index in [9.17, 15) is 13.9 Å². The van der Waals surface area contributed by atoms with E-state index in [1.807, 2.05) is 6.07 Å². The van der Waals surface area contributed by atoms with E-state index in [4.69, 9.17) is 4.74 Å². The number of fused-ring (bicyclic) bond motifs is 1. The molecule has 0 aliphatic rings. The van der Waals surface area contributed by atoms with E-state index in [2.05, 4.69) is 9.97 Å². The number of nitrogens with zero attached hydrogens (tertiary/aromatic N) is 3. The number of benzene rings is 1. The number of hydrogen-bond acceptors (Lipinski definition) is 4. The van der Waals surface area contributed by atoms with Crippen LogP contribution >= 0.6 is 0 Å². The number of aliphatic hydroxyl groups excluding tert-OH is 1. The van der Waals surface area contributed by atoms with Crippen LogP contribution < -0.4 is 4.74 Å². The minimum atomic E-state index is -0.767. The van der Waals surface area contributed by atoms with Crippen LogP contribution in [0.25, 0.3) is 28.0 Å². The van der Waals surface area contributed by atoms with E-state index < -0.39 is 18.2 Å². The predicted molar refractivity (Wildman–Crippen MR) is 96.2 cm³/mol. The van der Waals surface area contributed by atoms with E-state index in [1.54, 1.807) is 48.3 Å². The van der Waals surface area contributed by atoms with Gasteiger partial charge < -0.3 is 14.2 Å². The van der Waals surface area contributed by atoms with Crippen molar-refractivity contribution in [2.24, 2.45) is 0 Å². The van der Waals surface area contributed by atoms with E-state index in [0.29, 0.717) is 22.8 Å². The number of aromatic nitrogens is 3. The maximum Gasteiger partial charge on any atom is 0.212 e. The standard InChI is InChI=1S/C20H15F2N3O2/c1-27-19-7-3-12(8-23-19)17-10-25-9-13(2-6-18(25)24-17)14-4-5-16(21)15(11-26)20(14)22/h2-10,26H,11H2,1H3. The van der Waals surface area contributed by atoms with Gasteiger partial charge in [0.2, 0.25) is 5.88 Å². The van der Waals surface area contributed by atoms with Gasteiger partial charge in [-0.2, -0.15) is 0 Å². The molecule has 7 heteroatoms. The van der Waals surface area contributed by atoms with Gasteiger partial charge in [0.05, 0.1) is 19.4 Å². The fraction of sp³-hybridized carbons (Fsp3) is 0.100. The number of methoxy groups -OCH3 is 1. The highest BCUT2D eigenvalue weighted by molar-refractivity contribution is 5.68. The van der Waals surface area contributed by atoms with Crippen molar-refractivity contribution >= 4 is 5.65 Å². The van der Waals surface area contributed by atoms with Crippen LogP contribution in [-0.2, 0) is 6.61 Å². The molecule has 0 saturated heterocycles. The molecule has 3 aromatic heterocycles. The van der Waals surface area contributed by atoms with E-state index >= 15 is 0 Å². The number of hydrogen-bond donors (Lipinski definition) is 1. The molecule has 0 spiro atoms. The van der Waals surface area contributed by atoms with E-state index in [1.165, 1.54) is 6.07 Å². The third-order valence-corrected chi connectivity index (χ3v) is 4.35. The molecule has 27 heavy (non-hydrogen) atoms. The fourth-order valence-corrected chi connectivity index (χ4v) is 2.91. The Morgan fingerprint density at radius 2 is 1.85 bits per heavy atom. The second-order valence-electron chi connectivity index (χ2n) is 5.94. The molecule has 5 nitrogen and oxygen atoms in total. The first-order chi connectivity index (χ1) is 13.1. The Morgan fingerprint density at radius 3 is 2.56 bits per heavy atom. The van der Waals surface area contributed by atoms with Crippen molar-refractivity contribution in [3.63, 3.8) is 0 Å². The summed E-state index contributed by atoms with van der Waals surface area (Å²) >= 11 is 0. The highest BCUT2D eigenvalue weighted by atomic mass is 19.1. The Bertz CT molecular complexity index is 1120. The van der Waals surface area contributed by atoms with Crippen LogP contribution in [0, 0.1) is 11.6 Å². The zero-order valence-corrected chi connectivity index (χ0v) is 14.4. The Morgan fingerprint density at radius 1 is 1.04 bits per heavy atom. The minimum Gasteiger partial charge on any atom is -0.481 e. The highest BCUT2D eigenvalue weighted by Gasteiger charge is 2.15. The van der Waals surface area contributed by atoms with Crippen molar-refractivity contribution in [3.05, 3.63) is 72.2 Å². The van der Waals surface area contributed by atoms with Gasteiger partial charge in [-0.1, -0.05) is 0 Å². The average molecular weight is 367 g/mol. The molecule has 0 radical (unpaired) electrons. The number of halogens is 2. The van der Waals surface area contributed by atoms with Gasteiger partial charge in [-0.05, 0) is 30.3 Å². The van der Waals surface area contributed by atoms with Crippen molar-refractivity contribution in [1.29, 1.82) is 0 Å². The van der Waals surface area contributed by atoms with Crippen LogP contribution in [-0.4, -0.2) is 26.6 Å². The summed E-state index contributed by atoms with van der Waals surface area (Å²) < 4.78 is 34.9. The lowest BCUT2D eigenvalue weighted by Gasteiger charge is -2.08. The third-order valence-electron chi connectivity index (χ3n) is 4.35. The van der Waals surface area contributed by atoms with Crippen LogP contribution in [0.4, 0.5) is 8.78 Å². The molecule has 136 valence electrons. The zero-order chi connectivity index (χ0) is 19.0. The zero-order valence-electron chi connectivity index (χ0n) is 14.4. The molecule has 3 heterocycles. The normalized spacial score (nSPS) is 11.1. The average Bonchev–Trinajstić information content (AvgIpc) is 3.12. The van der Waals surface area contributed by atoms with Crippen molar-refractivity contribution in [2.45, 2.75) is 6.61 Å². The molecular weight excluding hydrogens is 352 g/mol. The molecule has 0 aliphatic carbocycles. The Hall–Kier alpha value is -3.32. The summed E-state index contributed by atoms with van der Waals surface area (Å²) in [6.45, 7) is -0.701. The monoisotopic (exact) mass is 367 g/mol. The molecule has 4 rings (SSSR count). The lowest BCUT2D eigenvalue weighted by Crippen LogP contribution is -1.98. The van der Waals surface area contributed by atoms with Crippen LogP contribution in [0.15, 0.2) is 55.0 Å². The molecule has 0 unspecified atom stereocenters. The van der Waals surface area contributed by atoms with Crippen LogP contribution in [0.5, 0.6) is 5.88 Å². The lowest BCUT2D eigenvalue weighted by molar-refractivity contribution is 0.269. The number of rotatable bonds is 4. The highest BCUT2D eigenvalue weighted by Crippen LogP contribution is 2.28. The lowest BCUT2D eigenvalue weighted by atomic mass is 10.0. The number of imidazole rings is 1. The summed E-state index contributed by atoms with van der Waals surface area (Å²) in [5.41, 5.74) is 2.61. The summed E-state index contributed by atoms with van der Waals surface area (Å²) in [6, 6.07) is 9.55. The molecule has 0 fully saturated rings. The van der Waals surface area contributed by atoms with Gasteiger partial charge in [0, 0.05) is 46.9 Å². The SMILES string of the molecule is COc1ccc(-c2cn3cc(-c4ccc(F)c(CO)c4F)ccc3n2)cn1. The molecule has 0 aliphatic heterocycles. The number of pyridine rings is 2. The first-order valence-corrected chi connectivity index (χ1v) is 8.18. The van der Waals surface area contributed by atoms with Crippen LogP contribution in [0.2, 0.25) is 0 Å². The second kappa shape index (κ2) is 6.77. The maximum atomic E-state index is 14.5. The molecule has 0 amide bonds. The summed E-state index contributed by atoms with van der Waals surface area (Å²) in [7, 11) is 1.55. The van der Waals surface area contributed by atoms with Gasteiger partial charge in [-0.25, -0.2) is 18.7 Å². The van der Waals surface area contributed by atoms with Gasteiger partial charge in [0.1, 0.15) is 17.3 Å². The van der Waals surface area contributed by atoms with Gasteiger partial charge in [-0.15, -0.1) is 0 Å². The van der Waals surface area contributed by atoms with Gasteiger partial charge in [0.25, 0.3) is 0 Å². The maximum absolute atomic E-state index is 14.5. The predicted octanol–water partition coefficient (Wildman–Crippen LogP) is 3.84. The van der Waals surface area contributed by atoms with Crippen molar-refractivity contribution in [2.75, 3.05) is 7.11 Å². The van der Waals surface area contributed by atoms with E-state index in [-0.39, 0.29) is 11.1 Å². The summed E-state index contributed by atoms with van der Waals surface area (Å²) in [6.07, 6.45) is 5.17. The molecular formula is C20H15F2N3O2. The Labute approximate surface area is 153 Å². The first kappa shape index (κ1) is 17.1.